The number of fused-ring (bicyclic) bond motifs is 3. The predicted octanol–water partition coefficient (Wildman–Crippen LogP) is 5.87. The number of amides is 1. The minimum atomic E-state index is 0.0920. The van der Waals surface area contributed by atoms with Crippen LogP contribution in [0.5, 0.6) is 0 Å². The van der Waals surface area contributed by atoms with E-state index < -0.39 is 0 Å². The molecule has 4 rings (SSSR count). The lowest BCUT2D eigenvalue weighted by molar-refractivity contribution is -0.116. The lowest BCUT2D eigenvalue weighted by Gasteiger charge is -2.37. The van der Waals surface area contributed by atoms with Crippen molar-refractivity contribution in [2.24, 2.45) is 11.8 Å². The molecule has 1 aromatic heterocycles. The van der Waals surface area contributed by atoms with Gasteiger partial charge in [0, 0.05) is 28.6 Å². The Hall–Kier alpha value is -2.07. The van der Waals surface area contributed by atoms with Crippen LogP contribution in [0.1, 0.15) is 54.7 Å². The number of carbonyl (C=O) groups excluding carboxylic acids is 1. The highest BCUT2D eigenvalue weighted by Crippen LogP contribution is 2.51. The summed E-state index contributed by atoms with van der Waals surface area (Å²) in [5.41, 5.74) is 4.77. The Morgan fingerprint density at radius 3 is 2.92 bits per heavy atom. The number of rotatable bonds is 4. The van der Waals surface area contributed by atoms with Gasteiger partial charge in [-0.2, -0.15) is 0 Å². The van der Waals surface area contributed by atoms with E-state index in [2.05, 4.69) is 67.1 Å². The van der Waals surface area contributed by atoms with E-state index in [9.17, 15) is 4.79 Å². The lowest BCUT2D eigenvalue weighted by Crippen LogP contribution is -2.29. The molecule has 0 spiro atoms. The zero-order valence-corrected chi connectivity index (χ0v) is 16.4. The number of carbonyl (C=O) groups is 1. The maximum absolute atomic E-state index is 12.1. The fourth-order valence-corrected chi connectivity index (χ4v) is 5.27. The summed E-state index contributed by atoms with van der Waals surface area (Å²) in [6.07, 6.45) is 6.32. The molecule has 2 aromatic rings. The van der Waals surface area contributed by atoms with E-state index in [1.807, 2.05) is 17.4 Å². The number of allylic oxidation sites excluding steroid dienone is 2. The van der Waals surface area contributed by atoms with Gasteiger partial charge in [-0.3, -0.25) is 4.79 Å². The molecule has 1 aliphatic heterocycles. The van der Waals surface area contributed by atoms with Crippen molar-refractivity contribution in [2.75, 3.05) is 10.6 Å². The van der Waals surface area contributed by atoms with Gasteiger partial charge in [-0.15, -0.1) is 11.3 Å². The first-order valence-corrected chi connectivity index (χ1v) is 10.3. The van der Waals surface area contributed by atoms with Gasteiger partial charge >= 0.3 is 0 Å². The van der Waals surface area contributed by atoms with Gasteiger partial charge in [0.05, 0.1) is 6.04 Å². The Balaban J connectivity index is 1.63. The van der Waals surface area contributed by atoms with E-state index in [0.717, 1.165) is 12.1 Å². The number of thiophene rings is 1. The Kier molecular flexibility index (Phi) is 4.62. The van der Waals surface area contributed by atoms with Crippen LogP contribution in [0.15, 0.2) is 41.8 Å². The molecule has 4 heteroatoms. The standard InChI is InChI=1S/C22H26N2OS/c1-13(2)11-20(25)23-15-7-8-19-18(12-15)16-5-4-6-17(16)21(24-19)22-14(3)9-10-26-22/h4-5,7-10,12-13,16-17,21,24H,6,11H2,1-3H3,(H,23,25). The maximum atomic E-state index is 12.1. The quantitative estimate of drug-likeness (QED) is 0.665. The maximum Gasteiger partial charge on any atom is 0.224 e. The van der Waals surface area contributed by atoms with Crippen LogP contribution in [0.2, 0.25) is 0 Å². The molecular formula is C22H26N2OS. The predicted molar refractivity (Wildman–Crippen MR) is 110 cm³/mol. The summed E-state index contributed by atoms with van der Waals surface area (Å²) in [4.78, 5) is 13.6. The van der Waals surface area contributed by atoms with Crippen LogP contribution in [-0.4, -0.2) is 5.91 Å². The summed E-state index contributed by atoms with van der Waals surface area (Å²) in [5.74, 6) is 1.42. The fourth-order valence-electron chi connectivity index (χ4n) is 4.22. The Labute approximate surface area is 159 Å². The van der Waals surface area contributed by atoms with Crippen LogP contribution in [-0.2, 0) is 4.79 Å². The van der Waals surface area contributed by atoms with Crippen LogP contribution in [0.4, 0.5) is 11.4 Å². The van der Waals surface area contributed by atoms with Crippen LogP contribution >= 0.6 is 11.3 Å². The first-order chi connectivity index (χ1) is 12.5. The van der Waals surface area contributed by atoms with E-state index in [1.165, 1.54) is 21.7 Å². The molecule has 0 fully saturated rings. The van der Waals surface area contributed by atoms with Crippen molar-refractivity contribution in [1.29, 1.82) is 0 Å². The highest BCUT2D eigenvalue weighted by Gasteiger charge is 2.38. The zero-order chi connectivity index (χ0) is 18.3. The summed E-state index contributed by atoms with van der Waals surface area (Å²) in [5, 5.41) is 9.03. The smallest absolute Gasteiger partial charge is 0.224 e. The molecule has 1 aromatic carbocycles. The molecule has 3 atom stereocenters. The lowest BCUT2D eigenvalue weighted by atomic mass is 9.78. The molecule has 0 saturated heterocycles. The normalized spacial score (nSPS) is 23.5. The van der Waals surface area contributed by atoms with Crippen molar-refractivity contribution in [1.82, 2.24) is 0 Å². The largest absolute Gasteiger partial charge is 0.377 e. The van der Waals surface area contributed by atoms with Crippen molar-refractivity contribution < 1.29 is 4.79 Å². The van der Waals surface area contributed by atoms with Crippen LogP contribution in [0.25, 0.3) is 0 Å². The molecule has 2 heterocycles. The van der Waals surface area contributed by atoms with Crippen molar-refractivity contribution in [3.63, 3.8) is 0 Å². The molecule has 0 bridgehead atoms. The highest BCUT2D eigenvalue weighted by molar-refractivity contribution is 7.10. The topological polar surface area (TPSA) is 41.1 Å². The number of hydrogen-bond acceptors (Lipinski definition) is 3. The molecular weight excluding hydrogens is 340 g/mol. The molecule has 2 N–H and O–H groups in total. The molecule has 0 radical (unpaired) electrons. The highest BCUT2D eigenvalue weighted by atomic mass is 32.1. The summed E-state index contributed by atoms with van der Waals surface area (Å²) < 4.78 is 0. The summed E-state index contributed by atoms with van der Waals surface area (Å²) >= 11 is 1.85. The van der Waals surface area contributed by atoms with Gasteiger partial charge in [0.15, 0.2) is 0 Å². The Morgan fingerprint density at radius 1 is 1.35 bits per heavy atom. The molecule has 1 aliphatic carbocycles. The average molecular weight is 367 g/mol. The van der Waals surface area contributed by atoms with Crippen molar-refractivity contribution in [3.8, 4) is 0 Å². The second kappa shape index (κ2) is 6.92. The molecule has 3 unspecified atom stereocenters. The van der Waals surface area contributed by atoms with Crippen LogP contribution < -0.4 is 10.6 Å². The van der Waals surface area contributed by atoms with E-state index in [1.54, 1.807) is 0 Å². The third-order valence-electron chi connectivity index (χ3n) is 5.42. The van der Waals surface area contributed by atoms with Crippen LogP contribution in [0.3, 0.4) is 0 Å². The summed E-state index contributed by atoms with van der Waals surface area (Å²) in [7, 11) is 0. The minimum Gasteiger partial charge on any atom is -0.377 e. The van der Waals surface area contributed by atoms with Crippen LogP contribution in [0, 0.1) is 18.8 Å². The Bertz CT molecular complexity index is 852. The molecule has 2 aliphatic rings. The summed E-state index contributed by atoms with van der Waals surface area (Å²) in [6, 6.07) is 8.87. The monoisotopic (exact) mass is 366 g/mol. The zero-order valence-electron chi connectivity index (χ0n) is 15.6. The number of nitrogens with one attached hydrogen (secondary N) is 2. The number of hydrogen-bond donors (Lipinski definition) is 2. The first-order valence-electron chi connectivity index (χ1n) is 9.44. The molecule has 0 saturated carbocycles. The second-order valence-corrected chi connectivity index (χ2v) is 8.84. The van der Waals surface area contributed by atoms with Crippen molar-refractivity contribution in [3.05, 3.63) is 57.8 Å². The van der Waals surface area contributed by atoms with Gasteiger partial charge in [-0.05, 0) is 66.0 Å². The van der Waals surface area contributed by atoms with Gasteiger partial charge in [-0.1, -0.05) is 26.0 Å². The van der Waals surface area contributed by atoms with Gasteiger partial charge in [0.2, 0.25) is 5.91 Å². The SMILES string of the molecule is Cc1ccsc1C1Nc2ccc(NC(=O)CC(C)C)cc2C2C=CCC21. The van der Waals surface area contributed by atoms with E-state index in [-0.39, 0.29) is 5.91 Å². The average Bonchev–Trinajstić information content (AvgIpc) is 3.22. The fraction of sp³-hybridized carbons (Fsp3) is 0.409. The number of anilines is 2. The van der Waals surface area contributed by atoms with Crippen molar-refractivity contribution >= 4 is 28.6 Å². The molecule has 26 heavy (non-hydrogen) atoms. The van der Waals surface area contributed by atoms with E-state index in [4.69, 9.17) is 0 Å². The third kappa shape index (κ3) is 3.18. The molecule has 136 valence electrons. The molecule has 1 amide bonds. The number of benzene rings is 1. The van der Waals surface area contributed by atoms with E-state index in [0.29, 0.717) is 30.2 Å². The molecule has 3 nitrogen and oxygen atoms in total. The van der Waals surface area contributed by atoms with E-state index >= 15 is 0 Å². The number of aryl methyl sites for hydroxylation is 1. The summed E-state index contributed by atoms with van der Waals surface area (Å²) in [6.45, 7) is 6.34. The van der Waals surface area contributed by atoms with Gasteiger partial charge in [0.1, 0.15) is 0 Å². The minimum absolute atomic E-state index is 0.0920. The first kappa shape index (κ1) is 17.3. The van der Waals surface area contributed by atoms with Gasteiger partial charge in [-0.25, -0.2) is 0 Å². The second-order valence-electron chi connectivity index (χ2n) is 7.89. The third-order valence-corrected chi connectivity index (χ3v) is 6.53. The van der Waals surface area contributed by atoms with Gasteiger partial charge in [0.25, 0.3) is 0 Å². The Morgan fingerprint density at radius 2 is 2.19 bits per heavy atom. The van der Waals surface area contributed by atoms with Gasteiger partial charge < -0.3 is 10.6 Å². The van der Waals surface area contributed by atoms with Crippen molar-refractivity contribution in [2.45, 2.75) is 45.6 Å².